The minimum atomic E-state index is -0.212. The molecule has 0 saturated heterocycles. The number of nitrogens with one attached hydrogen (secondary N) is 2. The number of fused-ring (bicyclic) bond motifs is 1. The van der Waals surface area contributed by atoms with Gasteiger partial charge in [0.15, 0.2) is 0 Å². The van der Waals surface area contributed by atoms with Gasteiger partial charge in [0.1, 0.15) is 0 Å². The Morgan fingerprint density at radius 3 is 2.43 bits per heavy atom. The van der Waals surface area contributed by atoms with Crippen molar-refractivity contribution in [3.63, 3.8) is 0 Å². The van der Waals surface area contributed by atoms with Gasteiger partial charge in [-0.1, -0.05) is 6.07 Å². The number of carbonyl (C=O) groups excluding carboxylic acids is 2. The molecular formula is C18H15N3O2. The highest BCUT2D eigenvalue weighted by atomic mass is 16.2. The van der Waals surface area contributed by atoms with Crippen LogP contribution >= 0.6 is 0 Å². The third-order valence-electron chi connectivity index (χ3n) is 3.36. The van der Waals surface area contributed by atoms with E-state index in [4.69, 9.17) is 0 Å². The highest BCUT2D eigenvalue weighted by Crippen LogP contribution is 2.22. The van der Waals surface area contributed by atoms with Crippen molar-refractivity contribution in [1.29, 1.82) is 0 Å². The standard InChI is InChI=1S/C18H15N3O2/c1-12(22)20-14-9-7-13(8-10-14)18(23)21-17-6-2-5-16-15(17)4-3-11-19-16/h2-11H,1H3,(H,20,22)(H,21,23). The Morgan fingerprint density at radius 2 is 1.70 bits per heavy atom. The second-order valence-corrected chi connectivity index (χ2v) is 5.09. The van der Waals surface area contributed by atoms with E-state index in [1.807, 2.05) is 30.3 Å². The van der Waals surface area contributed by atoms with E-state index in [9.17, 15) is 9.59 Å². The highest BCUT2D eigenvalue weighted by Gasteiger charge is 2.08. The Labute approximate surface area is 133 Å². The molecule has 5 nitrogen and oxygen atoms in total. The lowest BCUT2D eigenvalue weighted by molar-refractivity contribution is -0.114. The van der Waals surface area contributed by atoms with Gasteiger partial charge in [-0.15, -0.1) is 0 Å². The number of anilines is 2. The second kappa shape index (κ2) is 6.27. The third-order valence-corrected chi connectivity index (χ3v) is 3.36. The third kappa shape index (κ3) is 3.35. The maximum atomic E-state index is 12.4. The van der Waals surface area contributed by atoms with Crippen molar-refractivity contribution in [2.45, 2.75) is 6.92 Å². The number of rotatable bonds is 3. The van der Waals surface area contributed by atoms with Crippen LogP contribution in [-0.4, -0.2) is 16.8 Å². The lowest BCUT2D eigenvalue weighted by Crippen LogP contribution is -2.12. The number of hydrogen-bond donors (Lipinski definition) is 2. The van der Waals surface area contributed by atoms with E-state index >= 15 is 0 Å². The molecule has 0 fully saturated rings. The molecule has 0 bridgehead atoms. The lowest BCUT2D eigenvalue weighted by atomic mass is 10.1. The van der Waals surface area contributed by atoms with Crippen molar-refractivity contribution in [2.75, 3.05) is 10.6 Å². The van der Waals surface area contributed by atoms with E-state index in [1.165, 1.54) is 6.92 Å². The van der Waals surface area contributed by atoms with E-state index < -0.39 is 0 Å². The molecule has 1 aromatic heterocycles. The Kier molecular flexibility index (Phi) is 4.01. The number of benzene rings is 2. The average molecular weight is 305 g/mol. The van der Waals surface area contributed by atoms with Crippen LogP contribution in [0.2, 0.25) is 0 Å². The summed E-state index contributed by atoms with van der Waals surface area (Å²) >= 11 is 0. The minimum Gasteiger partial charge on any atom is -0.326 e. The lowest BCUT2D eigenvalue weighted by Gasteiger charge is -2.09. The number of hydrogen-bond acceptors (Lipinski definition) is 3. The number of pyridine rings is 1. The van der Waals surface area contributed by atoms with Crippen molar-refractivity contribution in [2.24, 2.45) is 0 Å². The summed E-state index contributed by atoms with van der Waals surface area (Å²) in [6.07, 6.45) is 1.72. The second-order valence-electron chi connectivity index (χ2n) is 5.09. The first-order valence-corrected chi connectivity index (χ1v) is 7.16. The van der Waals surface area contributed by atoms with Crippen LogP contribution in [0.3, 0.4) is 0 Å². The van der Waals surface area contributed by atoms with E-state index in [0.717, 1.165) is 10.9 Å². The van der Waals surface area contributed by atoms with Gasteiger partial charge < -0.3 is 10.6 Å². The molecule has 0 spiro atoms. The summed E-state index contributed by atoms with van der Waals surface area (Å²) < 4.78 is 0. The van der Waals surface area contributed by atoms with Gasteiger partial charge in [-0.05, 0) is 48.5 Å². The molecule has 0 unspecified atom stereocenters. The summed E-state index contributed by atoms with van der Waals surface area (Å²) in [5.41, 5.74) is 2.71. The number of carbonyl (C=O) groups is 2. The normalized spacial score (nSPS) is 10.3. The predicted molar refractivity (Wildman–Crippen MR) is 90.4 cm³/mol. The smallest absolute Gasteiger partial charge is 0.255 e. The van der Waals surface area contributed by atoms with Crippen LogP contribution in [0.1, 0.15) is 17.3 Å². The van der Waals surface area contributed by atoms with Crippen LogP contribution in [0.15, 0.2) is 60.8 Å². The average Bonchev–Trinajstić information content (AvgIpc) is 2.55. The fourth-order valence-corrected chi connectivity index (χ4v) is 2.32. The number of nitrogens with zero attached hydrogens (tertiary/aromatic N) is 1. The summed E-state index contributed by atoms with van der Waals surface area (Å²) in [4.78, 5) is 27.6. The molecule has 5 heteroatoms. The molecule has 23 heavy (non-hydrogen) atoms. The largest absolute Gasteiger partial charge is 0.326 e. The van der Waals surface area contributed by atoms with Crippen molar-refractivity contribution in [1.82, 2.24) is 4.98 Å². The Hall–Kier alpha value is -3.21. The molecule has 0 saturated carbocycles. The molecule has 2 aromatic carbocycles. The van der Waals surface area contributed by atoms with E-state index in [0.29, 0.717) is 16.9 Å². The quantitative estimate of drug-likeness (QED) is 0.778. The Bertz CT molecular complexity index is 868. The van der Waals surface area contributed by atoms with Gasteiger partial charge in [0.05, 0.1) is 11.2 Å². The SMILES string of the molecule is CC(=O)Nc1ccc(C(=O)Nc2cccc3ncccc23)cc1. The fourth-order valence-electron chi connectivity index (χ4n) is 2.32. The summed E-state index contributed by atoms with van der Waals surface area (Å²) in [5.74, 6) is -0.360. The van der Waals surface area contributed by atoms with Gasteiger partial charge >= 0.3 is 0 Å². The van der Waals surface area contributed by atoms with Crippen LogP contribution in [0.4, 0.5) is 11.4 Å². The minimum absolute atomic E-state index is 0.148. The van der Waals surface area contributed by atoms with Crippen molar-refractivity contribution >= 4 is 34.1 Å². The molecule has 0 aliphatic heterocycles. The predicted octanol–water partition coefficient (Wildman–Crippen LogP) is 3.45. The summed E-state index contributed by atoms with van der Waals surface area (Å²) in [6.45, 7) is 1.44. The summed E-state index contributed by atoms with van der Waals surface area (Å²) in [6, 6.07) is 16.1. The maximum Gasteiger partial charge on any atom is 0.255 e. The van der Waals surface area contributed by atoms with Crippen LogP contribution in [0, 0.1) is 0 Å². The molecular weight excluding hydrogens is 290 g/mol. The van der Waals surface area contributed by atoms with Gasteiger partial charge in [-0.3, -0.25) is 14.6 Å². The molecule has 0 aliphatic carbocycles. The van der Waals surface area contributed by atoms with E-state index in [-0.39, 0.29) is 11.8 Å². The maximum absolute atomic E-state index is 12.4. The Balaban J connectivity index is 1.82. The van der Waals surface area contributed by atoms with Crippen LogP contribution in [0.25, 0.3) is 10.9 Å². The van der Waals surface area contributed by atoms with Gasteiger partial charge in [-0.25, -0.2) is 0 Å². The first kappa shape index (κ1) is 14.7. The van der Waals surface area contributed by atoms with E-state index in [2.05, 4.69) is 15.6 Å². The number of amides is 2. The van der Waals surface area contributed by atoms with Gasteiger partial charge in [0.2, 0.25) is 5.91 Å². The molecule has 0 aliphatic rings. The molecule has 3 aromatic rings. The zero-order chi connectivity index (χ0) is 16.2. The fraction of sp³-hybridized carbons (Fsp3) is 0.0556. The zero-order valence-electron chi connectivity index (χ0n) is 12.5. The molecule has 2 amide bonds. The van der Waals surface area contributed by atoms with Crippen molar-refractivity contribution in [3.8, 4) is 0 Å². The van der Waals surface area contributed by atoms with Crippen molar-refractivity contribution < 1.29 is 9.59 Å². The van der Waals surface area contributed by atoms with Gasteiger partial charge in [0, 0.05) is 29.8 Å². The topological polar surface area (TPSA) is 71.1 Å². The molecule has 2 N–H and O–H groups in total. The molecule has 1 heterocycles. The molecule has 114 valence electrons. The summed E-state index contributed by atoms with van der Waals surface area (Å²) in [5, 5.41) is 6.45. The number of aromatic nitrogens is 1. The monoisotopic (exact) mass is 305 g/mol. The highest BCUT2D eigenvalue weighted by molar-refractivity contribution is 6.08. The first-order valence-electron chi connectivity index (χ1n) is 7.16. The zero-order valence-corrected chi connectivity index (χ0v) is 12.5. The van der Waals surface area contributed by atoms with E-state index in [1.54, 1.807) is 30.5 Å². The molecule has 3 rings (SSSR count). The molecule has 0 atom stereocenters. The van der Waals surface area contributed by atoms with Crippen LogP contribution in [0.5, 0.6) is 0 Å². The van der Waals surface area contributed by atoms with Crippen LogP contribution < -0.4 is 10.6 Å². The van der Waals surface area contributed by atoms with Crippen LogP contribution in [-0.2, 0) is 4.79 Å². The first-order chi connectivity index (χ1) is 11.1. The summed E-state index contributed by atoms with van der Waals surface area (Å²) in [7, 11) is 0. The Morgan fingerprint density at radius 1 is 0.913 bits per heavy atom. The van der Waals surface area contributed by atoms with Gasteiger partial charge in [-0.2, -0.15) is 0 Å². The molecule has 0 radical (unpaired) electrons. The van der Waals surface area contributed by atoms with Gasteiger partial charge in [0.25, 0.3) is 5.91 Å². The van der Waals surface area contributed by atoms with Crippen molar-refractivity contribution in [3.05, 3.63) is 66.4 Å².